The Morgan fingerprint density at radius 3 is 2.75 bits per heavy atom. The van der Waals surface area contributed by atoms with Gasteiger partial charge in [0.25, 0.3) is 0 Å². The highest BCUT2D eigenvalue weighted by atomic mass is 127. The van der Waals surface area contributed by atoms with Crippen LogP contribution in [0.3, 0.4) is 0 Å². The Balaban J connectivity index is 1.93. The molecule has 0 saturated heterocycles. The molecular formula is C14H13IN4S. The average molecular weight is 396 g/mol. The highest BCUT2D eigenvalue weighted by molar-refractivity contribution is 14.2. The third-order valence-electron chi connectivity index (χ3n) is 3.00. The van der Waals surface area contributed by atoms with E-state index in [2.05, 4.69) is 48.6 Å². The van der Waals surface area contributed by atoms with Crippen LogP contribution in [0.2, 0.25) is 0 Å². The third kappa shape index (κ3) is 2.76. The number of nitrogens with zero attached hydrogens (tertiary/aromatic N) is 3. The fourth-order valence-corrected chi connectivity index (χ4v) is 3.34. The number of nitrogens with one attached hydrogen (secondary N) is 1. The van der Waals surface area contributed by atoms with Crippen molar-refractivity contribution in [2.75, 3.05) is 5.32 Å². The lowest BCUT2D eigenvalue weighted by molar-refractivity contribution is 1.04. The highest BCUT2D eigenvalue weighted by Crippen LogP contribution is 2.27. The van der Waals surface area contributed by atoms with E-state index in [4.69, 9.17) is 0 Å². The first-order valence-electron chi connectivity index (χ1n) is 6.20. The Morgan fingerprint density at radius 1 is 1.20 bits per heavy atom. The molecule has 3 aromatic rings. The van der Waals surface area contributed by atoms with Crippen molar-refractivity contribution in [1.29, 1.82) is 0 Å². The van der Waals surface area contributed by atoms with Gasteiger partial charge in [-0.05, 0) is 18.6 Å². The van der Waals surface area contributed by atoms with E-state index >= 15 is 0 Å². The van der Waals surface area contributed by atoms with Crippen molar-refractivity contribution in [3.05, 3.63) is 54.0 Å². The van der Waals surface area contributed by atoms with Gasteiger partial charge in [-0.2, -0.15) is 0 Å². The summed E-state index contributed by atoms with van der Waals surface area (Å²) < 4.78 is 2.04. The zero-order valence-corrected chi connectivity index (χ0v) is 13.9. The van der Waals surface area contributed by atoms with Crippen LogP contribution in [-0.4, -0.2) is 13.9 Å². The summed E-state index contributed by atoms with van der Waals surface area (Å²) >= 11 is 2.25. The lowest BCUT2D eigenvalue weighted by Gasteiger charge is -2.08. The fraction of sp³-hybridized carbons (Fsp3) is 0.143. The molecule has 0 saturated carbocycles. The number of benzene rings is 1. The molecule has 3 rings (SSSR count). The summed E-state index contributed by atoms with van der Waals surface area (Å²) in [6.45, 7) is 2.68. The van der Waals surface area contributed by atoms with Gasteiger partial charge in [-0.25, -0.2) is 9.97 Å². The summed E-state index contributed by atoms with van der Waals surface area (Å²) in [5.41, 5.74) is 2.19. The lowest BCUT2D eigenvalue weighted by Crippen LogP contribution is -2.04. The molecule has 0 aliphatic carbocycles. The predicted octanol–water partition coefficient (Wildman–Crippen LogP) is 4.20. The van der Waals surface area contributed by atoms with Gasteiger partial charge >= 0.3 is 0 Å². The molecule has 2 heterocycles. The van der Waals surface area contributed by atoms with Crippen LogP contribution >= 0.6 is 30.3 Å². The first-order valence-corrected chi connectivity index (χ1v) is 9.52. The summed E-state index contributed by atoms with van der Waals surface area (Å²) in [7, 11) is 1.61. The monoisotopic (exact) mass is 396 g/mol. The Hall–Kier alpha value is -1.28. The van der Waals surface area contributed by atoms with Crippen molar-refractivity contribution < 1.29 is 0 Å². The molecular weight excluding hydrogens is 383 g/mol. The van der Waals surface area contributed by atoms with Gasteiger partial charge in [0.2, 0.25) is 0 Å². The molecule has 20 heavy (non-hydrogen) atoms. The van der Waals surface area contributed by atoms with Crippen molar-refractivity contribution >= 4 is 47.2 Å². The number of anilines is 1. The number of hydrogen-bond acceptors (Lipinski definition) is 4. The van der Waals surface area contributed by atoms with Crippen LogP contribution in [0.4, 0.5) is 5.82 Å². The Morgan fingerprint density at radius 2 is 2.00 bits per heavy atom. The first kappa shape index (κ1) is 13.7. The number of hydrogen-bond donors (Lipinski definition) is 1. The van der Waals surface area contributed by atoms with Gasteiger partial charge in [-0.1, -0.05) is 30.3 Å². The summed E-state index contributed by atoms with van der Waals surface area (Å²) in [4.78, 5) is 9.03. The molecule has 0 aliphatic rings. The van der Waals surface area contributed by atoms with Crippen LogP contribution in [-0.2, 0) is 6.54 Å². The molecule has 0 fully saturated rings. The predicted molar refractivity (Wildman–Crippen MR) is 93.0 cm³/mol. The fourth-order valence-electron chi connectivity index (χ4n) is 2.07. The maximum absolute atomic E-state index is 4.52. The molecule has 4 nitrogen and oxygen atoms in total. The largest absolute Gasteiger partial charge is 0.365 e. The molecule has 0 spiro atoms. The maximum Gasteiger partial charge on any atom is 0.156 e. The Kier molecular flexibility index (Phi) is 4.11. The molecule has 2 aromatic heterocycles. The van der Waals surface area contributed by atoms with Crippen LogP contribution in [0.15, 0.2) is 42.6 Å². The normalized spacial score (nSPS) is 10.9. The Labute approximate surface area is 133 Å². The number of rotatable bonds is 4. The molecule has 102 valence electrons. The molecule has 0 unspecified atom stereocenters. The molecule has 0 amide bonds. The molecule has 1 N–H and O–H groups in total. The van der Waals surface area contributed by atoms with Gasteiger partial charge in [-0.3, -0.25) is 3.97 Å². The van der Waals surface area contributed by atoms with E-state index in [1.165, 1.54) is 5.56 Å². The number of aryl methyl sites for hydroxylation is 1. The number of aromatic nitrogens is 3. The van der Waals surface area contributed by atoms with E-state index in [0.717, 1.165) is 29.2 Å². The van der Waals surface area contributed by atoms with Crippen LogP contribution in [0.1, 0.15) is 11.4 Å². The molecule has 0 bridgehead atoms. The van der Waals surface area contributed by atoms with Crippen LogP contribution in [0, 0.1) is 6.92 Å². The van der Waals surface area contributed by atoms with Gasteiger partial charge in [0.1, 0.15) is 11.6 Å². The third-order valence-corrected chi connectivity index (χ3v) is 4.72. The van der Waals surface area contributed by atoms with E-state index in [-0.39, 0.29) is 0 Å². The summed E-state index contributed by atoms with van der Waals surface area (Å²) in [5, 5.41) is 4.46. The van der Waals surface area contributed by atoms with E-state index in [9.17, 15) is 0 Å². The van der Waals surface area contributed by atoms with Gasteiger partial charge in [0, 0.05) is 43.1 Å². The van der Waals surface area contributed by atoms with Crippen molar-refractivity contribution in [3.63, 3.8) is 0 Å². The summed E-state index contributed by atoms with van der Waals surface area (Å²) in [6, 6.07) is 12.4. The second-order valence-electron chi connectivity index (χ2n) is 4.41. The van der Waals surface area contributed by atoms with Crippen molar-refractivity contribution in [3.8, 4) is 0 Å². The SMILES string of the molecule is Cc1nc(NCc2ccccc2)c2ccn(SI)c2n1. The van der Waals surface area contributed by atoms with E-state index in [1.807, 2.05) is 41.4 Å². The minimum atomic E-state index is 0.759. The van der Waals surface area contributed by atoms with Crippen molar-refractivity contribution in [2.24, 2.45) is 0 Å². The van der Waals surface area contributed by atoms with Gasteiger partial charge in [0.05, 0.1) is 5.39 Å². The lowest BCUT2D eigenvalue weighted by atomic mass is 10.2. The van der Waals surface area contributed by atoms with Crippen LogP contribution in [0.25, 0.3) is 11.0 Å². The van der Waals surface area contributed by atoms with Crippen molar-refractivity contribution in [2.45, 2.75) is 13.5 Å². The second kappa shape index (κ2) is 6.01. The minimum Gasteiger partial charge on any atom is -0.365 e. The zero-order valence-electron chi connectivity index (χ0n) is 10.9. The first-order chi connectivity index (χ1) is 9.78. The average Bonchev–Trinajstić information content (AvgIpc) is 2.88. The maximum atomic E-state index is 4.52. The minimum absolute atomic E-state index is 0.759. The Bertz CT molecular complexity index is 727. The van der Waals surface area contributed by atoms with Gasteiger partial charge < -0.3 is 5.32 Å². The van der Waals surface area contributed by atoms with Gasteiger partial charge in [0.15, 0.2) is 5.65 Å². The molecule has 0 atom stereocenters. The van der Waals surface area contributed by atoms with E-state index < -0.39 is 0 Å². The van der Waals surface area contributed by atoms with Crippen LogP contribution < -0.4 is 5.32 Å². The van der Waals surface area contributed by atoms with Crippen LogP contribution in [0.5, 0.6) is 0 Å². The molecule has 0 radical (unpaired) electrons. The van der Waals surface area contributed by atoms with Crippen molar-refractivity contribution in [1.82, 2.24) is 13.9 Å². The second-order valence-corrected chi connectivity index (χ2v) is 6.12. The molecule has 6 heteroatoms. The number of halogens is 1. The highest BCUT2D eigenvalue weighted by Gasteiger charge is 2.10. The van der Waals surface area contributed by atoms with Gasteiger partial charge in [-0.15, -0.1) is 0 Å². The molecule has 0 aliphatic heterocycles. The summed E-state index contributed by atoms with van der Waals surface area (Å²) in [5.74, 6) is 1.67. The van der Waals surface area contributed by atoms with E-state index in [1.54, 1.807) is 9.12 Å². The standard InChI is InChI=1S/C14H13IN4S/c1-10-17-13(16-9-11-5-3-2-4-6-11)12-7-8-19(20-15)14(12)18-10/h2-8H,9H2,1H3,(H,16,17,18). The smallest absolute Gasteiger partial charge is 0.156 e. The quantitative estimate of drug-likeness (QED) is 0.672. The zero-order chi connectivity index (χ0) is 13.9. The summed E-state index contributed by atoms with van der Waals surface area (Å²) in [6.07, 6.45) is 2.02. The number of fused-ring (bicyclic) bond motifs is 1. The van der Waals surface area contributed by atoms with E-state index in [0.29, 0.717) is 0 Å². The topological polar surface area (TPSA) is 42.7 Å². The molecule has 1 aromatic carbocycles.